The molecule has 3 aromatic carbocycles. The molecule has 1 heterocycles. The van der Waals surface area contributed by atoms with Crippen LogP contribution in [-0.4, -0.2) is 22.2 Å². The van der Waals surface area contributed by atoms with Crippen LogP contribution < -0.4 is 4.90 Å². The molecule has 1 aliphatic rings. The maximum absolute atomic E-state index is 13.4. The zero-order chi connectivity index (χ0) is 22.0. The lowest BCUT2D eigenvalue weighted by Crippen LogP contribution is -2.29. The number of carbonyl (C=O) groups is 2. The van der Waals surface area contributed by atoms with Crippen molar-refractivity contribution in [2.75, 3.05) is 4.90 Å². The maximum Gasteiger partial charge on any atom is 0.335 e. The summed E-state index contributed by atoms with van der Waals surface area (Å²) in [7, 11) is 0. The third kappa shape index (κ3) is 4.29. The average Bonchev–Trinajstić information content (AvgIpc) is 3.05. The second-order valence-electron chi connectivity index (χ2n) is 7.15. The number of nitrogens with zero attached hydrogens (tertiary/aromatic N) is 2. The Labute approximate surface area is 184 Å². The highest BCUT2D eigenvalue weighted by Crippen LogP contribution is 2.38. The van der Waals surface area contributed by atoms with E-state index in [4.69, 9.17) is 10.1 Å². The van der Waals surface area contributed by atoms with Gasteiger partial charge in [-0.2, -0.15) is 0 Å². The highest BCUT2D eigenvalue weighted by molar-refractivity contribution is 8.19. The number of aliphatic imine (C=N–C) groups is 1. The molecule has 0 unspecified atom stereocenters. The van der Waals surface area contributed by atoms with Gasteiger partial charge >= 0.3 is 5.97 Å². The smallest absolute Gasteiger partial charge is 0.335 e. The van der Waals surface area contributed by atoms with E-state index >= 15 is 0 Å². The summed E-state index contributed by atoms with van der Waals surface area (Å²) in [5, 5.41) is 9.68. The minimum Gasteiger partial charge on any atom is -0.478 e. The number of aromatic carboxylic acids is 1. The van der Waals surface area contributed by atoms with Crippen molar-refractivity contribution in [3.05, 3.63) is 100.0 Å². The number of aryl methyl sites for hydroxylation is 2. The zero-order valence-corrected chi connectivity index (χ0v) is 17.9. The molecule has 6 heteroatoms. The number of thioether (sulfide) groups is 1. The van der Waals surface area contributed by atoms with Gasteiger partial charge in [0.25, 0.3) is 5.91 Å². The first-order valence-electron chi connectivity index (χ1n) is 9.71. The summed E-state index contributed by atoms with van der Waals surface area (Å²) in [4.78, 5) is 31.4. The number of rotatable bonds is 4. The summed E-state index contributed by atoms with van der Waals surface area (Å²) in [6.45, 7) is 3.95. The van der Waals surface area contributed by atoms with Crippen LogP contribution in [-0.2, 0) is 4.79 Å². The molecular weight excluding hydrogens is 408 g/mol. The Bertz CT molecular complexity index is 1230. The Morgan fingerprint density at radius 3 is 2.23 bits per heavy atom. The second-order valence-corrected chi connectivity index (χ2v) is 8.15. The predicted octanol–water partition coefficient (Wildman–Crippen LogP) is 5.81. The van der Waals surface area contributed by atoms with Gasteiger partial charge in [0.2, 0.25) is 0 Å². The molecule has 1 aliphatic heterocycles. The Morgan fingerprint density at radius 2 is 1.58 bits per heavy atom. The predicted molar refractivity (Wildman–Crippen MR) is 126 cm³/mol. The summed E-state index contributed by atoms with van der Waals surface area (Å²) in [6.07, 6.45) is 1.77. The molecule has 0 aromatic heterocycles. The van der Waals surface area contributed by atoms with Crippen LogP contribution in [0, 0.1) is 13.8 Å². The van der Waals surface area contributed by atoms with Gasteiger partial charge in [-0.3, -0.25) is 9.69 Å². The van der Waals surface area contributed by atoms with Gasteiger partial charge in [0.05, 0.1) is 21.8 Å². The number of hydrogen-bond acceptors (Lipinski definition) is 4. The van der Waals surface area contributed by atoms with Crippen molar-refractivity contribution in [2.45, 2.75) is 13.8 Å². The molecule has 3 aromatic rings. The molecule has 154 valence electrons. The fourth-order valence-corrected chi connectivity index (χ4v) is 4.23. The minimum atomic E-state index is -0.983. The highest BCUT2D eigenvalue weighted by atomic mass is 32.2. The molecule has 1 N–H and O–H groups in total. The van der Waals surface area contributed by atoms with Crippen LogP contribution in [0.3, 0.4) is 0 Å². The summed E-state index contributed by atoms with van der Waals surface area (Å²) in [5.74, 6) is -1.14. The number of amides is 1. The molecule has 1 fully saturated rings. The number of para-hydroxylation sites is 2. The first kappa shape index (κ1) is 20.6. The molecular formula is C25H20N2O3S. The van der Waals surface area contributed by atoms with E-state index in [9.17, 15) is 9.59 Å². The van der Waals surface area contributed by atoms with E-state index < -0.39 is 5.97 Å². The summed E-state index contributed by atoms with van der Waals surface area (Å²) >= 11 is 1.31. The lowest BCUT2D eigenvalue weighted by atomic mass is 10.1. The van der Waals surface area contributed by atoms with Crippen molar-refractivity contribution in [1.82, 2.24) is 0 Å². The van der Waals surface area contributed by atoms with Crippen molar-refractivity contribution in [2.24, 2.45) is 4.99 Å². The number of carbonyl (C=O) groups excluding carboxylic acids is 1. The lowest BCUT2D eigenvalue weighted by molar-refractivity contribution is -0.113. The van der Waals surface area contributed by atoms with Crippen molar-refractivity contribution in [3.8, 4) is 0 Å². The second kappa shape index (κ2) is 8.62. The molecule has 0 bridgehead atoms. The van der Waals surface area contributed by atoms with E-state index in [0.717, 1.165) is 28.1 Å². The number of anilines is 1. The number of carboxylic acid groups (broad SMARTS) is 1. The molecule has 5 nitrogen and oxygen atoms in total. The highest BCUT2D eigenvalue weighted by Gasteiger charge is 2.35. The molecule has 0 atom stereocenters. The van der Waals surface area contributed by atoms with Gasteiger partial charge in [-0.15, -0.1) is 0 Å². The fraction of sp³-hybridized carbons (Fsp3) is 0.0800. The number of benzene rings is 3. The summed E-state index contributed by atoms with van der Waals surface area (Å²) in [5.41, 5.74) is 4.55. The molecule has 31 heavy (non-hydrogen) atoms. The Balaban J connectivity index is 1.78. The Kier molecular flexibility index (Phi) is 5.73. The molecule has 4 rings (SSSR count). The van der Waals surface area contributed by atoms with E-state index in [0.29, 0.717) is 10.1 Å². The first-order chi connectivity index (χ1) is 14.9. The first-order valence-corrected chi connectivity index (χ1v) is 10.5. The van der Waals surface area contributed by atoms with E-state index in [1.807, 2.05) is 62.4 Å². The average molecular weight is 429 g/mol. The maximum atomic E-state index is 13.4. The van der Waals surface area contributed by atoms with Crippen LogP contribution in [0.4, 0.5) is 11.4 Å². The van der Waals surface area contributed by atoms with Crippen molar-refractivity contribution in [1.29, 1.82) is 0 Å². The molecule has 0 saturated carbocycles. The van der Waals surface area contributed by atoms with Crippen molar-refractivity contribution < 1.29 is 14.7 Å². The Hall–Kier alpha value is -3.64. The van der Waals surface area contributed by atoms with E-state index in [1.54, 1.807) is 23.1 Å². The van der Waals surface area contributed by atoms with Gasteiger partial charge in [-0.05, 0) is 72.6 Å². The van der Waals surface area contributed by atoms with Crippen molar-refractivity contribution >= 4 is 46.3 Å². The van der Waals surface area contributed by atoms with Crippen LogP contribution in [0.2, 0.25) is 0 Å². The van der Waals surface area contributed by atoms with Gasteiger partial charge in [0.15, 0.2) is 5.17 Å². The third-order valence-electron chi connectivity index (χ3n) is 4.95. The normalized spacial score (nSPS) is 16.3. The molecule has 1 saturated heterocycles. The van der Waals surface area contributed by atoms with Crippen LogP contribution in [0.15, 0.2) is 82.7 Å². The van der Waals surface area contributed by atoms with Gasteiger partial charge in [-0.1, -0.05) is 48.5 Å². The van der Waals surface area contributed by atoms with Gasteiger partial charge in [-0.25, -0.2) is 9.79 Å². The monoisotopic (exact) mass is 428 g/mol. The summed E-state index contributed by atoms with van der Waals surface area (Å²) in [6, 6.07) is 21.9. The van der Waals surface area contributed by atoms with Crippen molar-refractivity contribution in [3.63, 3.8) is 0 Å². The van der Waals surface area contributed by atoms with Gasteiger partial charge in [0, 0.05) is 0 Å². The SMILES string of the molecule is Cc1ccccc1N=C1S/C(=C/c2ccc(C(=O)O)cc2)C(=O)N1c1ccccc1C. The van der Waals surface area contributed by atoms with E-state index in [2.05, 4.69) is 0 Å². The summed E-state index contributed by atoms with van der Waals surface area (Å²) < 4.78 is 0. The van der Waals surface area contributed by atoms with Gasteiger partial charge in [0.1, 0.15) is 0 Å². The quantitative estimate of drug-likeness (QED) is 0.532. The minimum absolute atomic E-state index is 0.158. The molecule has 1 amide bonds. The zero-order valence-electron chi connectivity index (χ0n) is 17.1. The topological polar surface area (TPSA) is 70.0 Å². The van der Waals surface area contributed by atoms with Crippen LogP contribution in [0.1, 0.15) is 27.0 Å². The molecule has 0 aliphatic carbocycles. The third-order valence-corrected chi connectivity index (χ3v) is 5.92. The molecule has 0 radical (unpaired) electrons. The Morgan fingerprint density at radius 1 is 0.935 bits per heavy atom. The number of amidine groups is 1. The van der Waals surface area contributed by atoms with E-state index in [-0.39, 0.29) is 11.5 Å². The fourth-order valence-electron chi connectivity index (χ4n) is 3.24. The standard InChI is InChI=1S/C25H20N2O3S/c1-16-7-3-5-9-20(16)26-25-27(21-10-6-4-8-17(21)2)23(28)22(31-25)15-18-11-13-19(14-12-18)24(29)30/h3-15H,1-2H3,(H,29,30)/b22-15+,26-25?. The van der Waals surface area contributed by atoms with Crippen LogP contribution >= 0.6 is 11.8 Å². The largest absolute Gasteiger partial charge is 0.478 e. The van der Waals surface area contributed by atoms with Gasteiger partial charge < -0.3 is 5.11 Å². The number of hydrogen-bond donors (Lipinski definition) is 1. The van der Waals surface area contributed by atoms with Crippen LogP contribution in [0.25, 0.3) is 6.08 Å². The van der Waals surface area contributed by atoms with E-state index in [1.165, 1.54) is 23.9 Å². The lowest BCUT2D eigenvalue weighted by Gasteiger charge is -2.18. The molecule has 0 spiro atoms. The van der Waals surface area contributed by atoms with Crippen LogP contribution in [0.5, 0.6) is 0 Å². The number of carboxylic acids is 1.